The first kappa shape index (κ1) is 15.0. The topological polar surface area (TPSA) is 32.3 Å². The van der Waals surface area contributed by atoms with Gasteiger partial charge in [0.25, 0.3) is 0 Å². The van der Waals surface area contributed by atoms with Gasteiger partial charge in [0.05, 0.1) is 6.54 Å². The second-order valence-electron chi connectivity index (χ2n) is 6.27. The summed E-state index contributed by atoms with van der Waals surface area (Å²) in [5.41, 5.74) is 3.75. The zero-order chi connectivity index (χ0) is 14.7. The fourth-order valence-electron chi connectivity index (χ4n) is 2.87. The van der Waals surface area contributed by atoms with E-state index in [0.29, 0.717) is 12.5 Å². The predicted molar refractivity (Wildman–Crippen MR) is 82.4 cm³/mol. The van der Waals surface area contributed by atoms with Crippen molar-refractivity contribution in [1.82, 2.24) is 10.2 Å². The van der Waals surface area contributed by atoms with Crippen LogP contribution in [0, 0.1) is 19.8 Å². The molecule has 1 unspecified atom stereocenters. The molecule has 1 atom stereocenters. The van der Waals surface area contributed by atoms with Gasteiger partial charge in [0.15, 0.2) is 0 Å². The molecule has 1 aromatic rings. The van der Waals surface area contributed by atoms with Crippen LogP contribution in [-0.2, 0) is 4.79 Å². The van der Waals surface area contributed by atoms with E-state index in [-0.39, 0.29) is 12.1 Å². The maximum Gasteiger partial charge on any atom is 0.238 e. The van der Waals surface area contributed by atoms with Crippen LogP contribution in [0.3, 0.4) is 0 Å². The summed E-state index contributed by atoms with van der Waals surface area (Å²) in [5.74, 6) is 0.916. The summed E-state index contributed by atoms with van der Waals surface area (Å²) in [6.45, 7) is 9.99. The smallest absolute Gasteiger partial charge is 0.238 e. The van der Waals surface area contributed by atoms with Crippen LogP contribution in [0.15, 0.2) is 18.2 Å². The SMILES string of the molecule is Cc1ccc(C2NCC(=O)N2CCCC(C)C)c(C)c1. The molecular weight excluding hydrogens is 248 g/mol. The number of amides is 1. The number of carbonyl (C=O) groups excluding carboxylic acids is 1. The van der Waals surface area contributed by atoms with Crippen LogP contribution in [0.5, 0.6) is 0 Å². The van der Waals surface area contributed by atoms with Crippen molar-refractivity contribution in [3.8, 4) is 0 Å². The molecule has 1 aliphatic heterocycles. The van der Waals surface area contributed by atoms with E-state index in [4.69, 9.17) is 0 Å². The Morgan fingerprint density at radius 1 is 1.35 bits per heavy atom. The van der Waals surface area contributed by atoms with E-state index in [1.54, 1.807) is 0 Å². The van der Waals surface area contributed by atoms with E-state index < -0.39 is 0 Å². The molecule has 0 radical (unpaired) electrons. The van der Waals surface area contributed by atoms with Crippen molar-refractivity contribution in [2.75, 3.05) is 13.1 Å². The van der Waals surface area contributed by atoms with Gasteiger partial charge in [0, 0.05) is 6.54 Å². The molecule has 1 aromatic carbocycles. The van der Waals surface area contributed by atoms with E-state index in [0.717, 1.165) is 13.0 Å². The van der Waals surface area contributed by atoms with Crippen LogP contribution >= 0.6 is 0 Å². The Kier molecular flexibility index (Phi) is 4.81. The molecule has 0 aromatic heterocycles. The molecule has 0 bridgehead atoms. The number of hydrogen-bond donors (Lipinski definition) is 1. The number of rotatable bonds is 5. The fourth-order valence-corrected chi connectivity index (χ4v) is 2.87. The van der Waals surface area contributed by atoms with Gasteiger partial charge in [-0.1, -0.05) is 37.6 Å². The highest BCUT2D eigenvalue weighted by molar-refractivity contribution is 5.81. The van der Waals surface area contributed by atoms with E-state index in [1.807, 2.05) is 4.90 Å². The molecule has 1 heterocycles. The van der Waals surface area contributed by atoms with E-state index in [9.17, 15) is 4.79 Å². The molecule has 1 N–H and O–H groups in total. The molecule has 0 saturated carbocycles. The van der Waals surface area contributed by atoms with Crippen LogP contribution in [0.4, 0.5) is 0 Å². The van der Waals surface area contributed by atoms with Gasteiger partial charge in [-0.15, -0.1) is 0 Å². The molecular formula is C17H26N2O. The van der Waals surface area contributed by atoms with Gasteiger partial charge in [0.1, 0.15) is 6.17 Å². The molecule has 1 aliphatic rings. The highest BCUT2D eigenvalue weighted by Crippen LogP contribution is 2.26. The highest BCUT2D eigenvalue weighted by Gasteiger charge is 2.31. The van der Waals surface area contributed by atoms with Gasteiger partial charge >= 0.3 is 0 Å². The predicted octanol–water partition coefficient (Wildman–Crippen LogP) is 3.17. The highest BCUT2D eigenvalue weighted by atomic mass is 16.2. The first-order valence-corrected chi connectivity index (χ1v) is 7.59. The monoisotopic (exact) mass is 274 g/mol. The van der Waals surface area contributed by atoms with Crippen LogP contribution in [0.25, 0.3) is 0 Å². The normalized spacial score (nSPS) is 19.1. The van der Waals surface area contributed by atoms with Gasteiger partial charge in [-0.3, -0.25) is 10.1 Å². The number of benzene rings is 1. The Bertz CT molecular complexity index is 482. The van der Waals surface area contributed by atoms with Crippen molar-refractivity contribution in [2.45, 2.75) is 46.7 Å². The maximum atomic E-state index is 12.1. The lowest BCUT2D eigenvalue weighted by atomic mass is 10.0. The van der Waals surface area contributed by atoms with E-state index in [2.05, 4.69) is 51.2 Å². The Balaban J connectivity index is 2.11. The molecule has 110 valence electrons. The van der Waals surface area contributed by atoms with Crippen molar-refractivity contribution in [1.29, 1.82) is 0 Å². The minimum Gasteiger partial charge on any atom is -0.322 e. The van der Waals surface area contributed by atoms with E-state index >= 15 is 0 Å². The average molecular weight is 274 g/mol. The summed E-state index contributed by atoms with van der Waals surface area (Å²) in [4.78, 5) is 14.1. The lowest BCUT2D eigenvalue weighted by Crippen LogP contribution is -2.31. The molecule has 0 aliphatic carbocycles. The quantitative estimate of drug-likeness (QED) is 0.894. The largest absolute Gasteiger partial charge is 0.322 e. The van der Waals surface area contributed by atoms with Crippen molar-refractivity contribution < 1.29 is 4.79 Å². The third kappa shape index (κ3) is 3.40. The molecule has 1 amide bonds. The zero-order valence-electron chi connectivity index (χ0n) is 13.1. The van der Waals surface area contributed by atoms with Gasteiger partial charge < -0.3 is 4.90 Å². The maximum absolute atomic E-state index is 12.1. The van der Waals surface area contributed by atoms with Gasteiger partial charge in [-0.05, 0) is 43.7 Å². The second-order valence-corrected chi connectivity index (χ2v) is 6.27. The number of carbonyl (C=O) groups is 1. The summed E-state index contributed by atoms with van der Waals surface area (Å²) < 4.78 is 0. The lowest BCUT2D eigenvalue weighted by Gasteiger charge is -2.26. The average Bonchev–Trinajstić information content (AvgIpc) is 2.71. The minimum atomic E-state index is 0.0512. The molecule has 3 heteroatoms. The zero-order valence-corrected chi connectivity index (χ0v) is 13.1. The molecule has 0 spiro atoms. The summed E-state index contributed by atoms with van der Waals surface area (Å²) in [7, 11) is 0. The standard InChI is InChI=1S/C17H26N2O/c1-12(2)6-5-9-19-16(20)11-18-17(19)15-8-7-13(3)10-14(15)4/h7-8,10,12,17-18H,5-6,9,11H2,1-4H3. The third-order valence-corrected chi connectivity index (χ3v) is 3.98. The van der Waals surface area contributed by atoms with Crippen LogP contribution in [-0.4, -0.2) is 23.9 Å². The summed E-state index contributed by atoms with van der Waals surface area (Å²) in [6.07, 6.45) is 2.30. The molecule has 3 nitrogen and oxygen atoms in total. The van der Waals surface area contributed by atoms with Gasteiger partial charge in [-0.2, -0.15) is 0 Å². The number of aryl methyl sites for hydroxylation is 2. The summed E-state index contributed by atoms with van der Waals surface area (Å²) >= 11 is 0. The summed E-state index contributed by atoms with van der Waals surface area (Å²) in [6, 6.07) is 6.46. The number of nitrogens with one attached hydrogen (secondary N) is 1. The number of nitrogens with zero attached hydrogens (tertiary/aromatic N) is 1. The van der Waals surface area contributed by atoms with Crippen LogP contribution in [0.2, 0.25) is 0 Å². The minimum absolute atomic E-state index is 0.0512. The third-order valence-electron chi connectivity index (χ3n) is 3.98. The van der Waals surface area contributed by atoms with Gasteiger partial charge in [-0.25, -0.2) is 0 Å². The number of hydrogen-bond acceptors (Lipinski definition) is 2. The molecule has 1 fully saturated rings. The van der Waals surface area contributed by atoms with E-state index in [1.165, 1.54) is 23.1 Å². The second kappa shape index (κ2) is 6.40. The lowest BCUT2D eigenvalue weighted by molar-refractivity contribution is -0.128. The first-order valence-electron chi connectivity index (χ1n) is 7.59. The Labute approximate surface area is 122 Å². The van der Waals surface area contributed by atoms with Crippen molar-refractivity contribution >= 4 is 5.91 Å². The fraction of sp³-hybridized carbons (Fsp3) is 0.588. The van der Waals surface area contributed by atoms with Crippen molar-refractivity contribution in [3.05, 3.63) is 34.9 Å². The first-order chi connectivity index (χ1) is 9.49. The Morgan fingerprint density at radius 2 is 2.10 bits per heavy atom. The Morgan fingerprint density at radius 3 is 2.75 bits per heavy atom. The van der Waals surface area contributed by atoms with Crippen molar-refractivity contribution in [3.63, 3.8) is 0 Å². The molecule has 20 heavy (non-hydrogen) atoms. The van der Waals surface area contributed by atoms with Gasteiger partial charge in [0.2, 0.25) is 5.91 Å². The molecule has 1 saturated heterocycles. The Hall–Kier alpha value is -1.35. The van der Waals surface area contributed by atoms with Crippen molar-refractivity contribution in [2.24, 2.45) is 5.92 Å². The molecule has 2 rings (SSSR count). The van der Waals surface area contributed by atoms with Crippen LogP contribution in [0.1, 0.15) is 49.5 Å². The summed E-state index contributed by atoms with van der Waals surface area (Å²) in [5, 5.41) is 3.35. The van der Waals surface area contributed by atoms with Crippen LogP contribution < -0.4 is 5.32 Å².